The van der Waals surface area contributed by atoms with Gasteiger partial charge in [-0.2, -0.15) is 0 Å². The molecule has 1 amide bonds. The van der Waals surface area contributed by atoms with Crippen LogP contribution >= 0.6 is 23.1 Å². The monoisotopic (exact) mass is 368 g/mol. The molecule has 0 aliphatic heterocycles. The molecule has 1 aromatic heterocycles. The number of aryl methyl sites for hydroxylation is 2. The Morgan fingerprint density at radius 3 is 2.56 bits per heavy atom. The highest BCUT2D eigenvalue weighted by atomic mass is 32.2. The van der Waals surface area contributed by atoms with Crippen molar-refractivity contribution in [3.05, 3.63) is 70.7 Å². The highest BCUT2D eigenvalue weighted by molar-refractivity contribution is 7.98. The third kappa shape index (κ3) is 4.50. The van der Waals surface area contributed by atoms with Gasteiger partial charge in [0, 0.05) is 23.0 Å². The van der Waals surface area contributed by atoms with E-state index in [1.807, 2.05) is 36.6 Å². The van der Waals surface area contributed by atoms with Gasteiger partial charge in [0.2, 0.25) is 5.91 Å². The standard InChI is InChI=1S/C20H20N2OS2/c1-14-7-9-19(10-8-14)24-12-17-13-25-20(21-17)22(16(3)23)18-6-4-5-15(2)11-18/h4-11,13H,12H2,1-3H3. The summed E-state index contributed by atoms with van der Waals surface area (Å²) in [4.78, 5) is 19.7. The number of aromatic nitrogens is 1. The van der Waals surface area contributed by atoms with E-state index < -0.39 is 0 Å². The summed E-state index contributed by atoms with van der Waals surface area (Å²) in [7, 11) is 0. The van der Waals surface area contributed by atoms with E-state index in [4.69, 9.17) is 0 Å². The number of hydrogen-bond donors (Lipinski definition) is 0. The summed E-state index contributed by atoms with van der Waals surface area (Å²) in [5.41, 5.74) is 4.23. The van der Waals surface area contributed by atoms with Crippen LogP contribution in [0.15, 0.2) is 58.8 Å². The van der Waals surface area contributed by atoms with Gasteiger partial charge >= 0.3 is 0 Å². The molecule has 3 rings (SSSR count). The van der Waals surface area contributed by atoms with Crippen LogP contribution in [0.25, 0.3) is 0 Å². The number of thioether (sulfide) groups is 1. The van der Waals surface area contributed by atoms with Crippen LogP contribution in [0, 0.1) is 13.8 Å². The van der Waals surface area contributed by atoms with Gasteiger partial charge in [-0.1, -0.05) is 29.8 Å². The number of amides is 1. The minimum Gasteiger partial charge on any atom is -0.274 e. The smallest absolute Gasteiger partial charge is 0.230 e. The first-order valence-electron chi connectivity index (χ1n) is 8.04. The van der Waals surface area contributed by atoms with E-state index in [0.717, 1.165) is 27.8 Å². The topological polar surface area (TPSA) is 33.2 Å². The maximum Gasteiger partial charge on any atom is 0.230 e. The molecule has 0 bridgehead atoms. The van der Waals surface area contributed by atoms with Gasteiger partial charge in [0.15, 0.2) is 5.13 Å². The van der Waals surface area contributed by atoms with Crippen LogP contribution in [0.5, 0.6) is 0 Å². The molecule has 0 radical (unpaired) electrons. The Bertz CT molecular complexity index is 871. The van der Waals surface area contributed by atoms with Crippen LogP contribution in [0.4, 0.5) is 10.8 Å². The minimum absolute atomic E-state index is 0.0299. The molecule has 0 saturated heterocycles. The van der Waals surface area contributed by atoms with E-state index in [1.54, 1.807) is 23.6 Å². The molecule has 128 valence electrons. The van der Waals surface area contributed by atoms with Gasteiger partial charge in [0.05, 0.1) is 11.4 Å². The Labute approximate surface area is 156 Å². The Morgan fingerprint density at radius 1 is 1.12 bits per heavy atom. The zero-order chi connectivity index (χ0) is 17.8. The molecule has 0 fully saturated rings. The molecule has 5 heteroatoms. The van der Waals surface area contributed by atoms with E-state index in [-0.39, 0.29) is 5.91 Å². The first kappa shape index (κ1) is 17.7. The quantitative estimate of drug-likeness (QED) is 0.539. The molecule has 1 heterocycles. The predicted octanol–water partition coefficient (Wildman–Crippen LogP) is 5.74. The number of carbonyl (C=O) groups excluding carboxylic acids is 1. The fourth-order valence-corrected chi connectivity index (χ4v) is 4.23. The van der Waals surface area contributed by atoms with Crippen LogP contribution in [0.3, 0.4) is 0 Å². The molecule has 0 N–H and O–H groups in total. The Balaban J connectivity index is 1.76. The summed E-state index contributed by atoms with van der Waals surface area (Å²) in [6, 6.07) is 16.4. The molecule has 3 nitrogen and oxygen atoms in total. The van der Waals surface area contributed by atoms with Gasteiger partial charge in [-0.3, -0.25) is 9.69 Å². The Morgan fingerprint density at radius 2 is 1.88 bits per heavy atom. The third-order valence-corrected chi connectivity index (χ3v) is 5.63. The normalized spacial score (nSPS) is 10.7. The van der Waals surface area contributed by atoms with Crippen molar-refractivity contribution < 1.29 is 4.79 Å². The van der Waals surface area contributed by atoms with Crippen LogP contribution in [0.2, 0.25) is 0 Å². The van der Waals surface area contributed by atoms with Crippen LogP contribution < -0.4 is 4.90 Å². The zero-order valence-corrected chi connectivity index (χ0v) is 16.2. The number of anilines is 2. The number of hydrogen-bond acceptors (Lipinski definition) is 4. The lowest BCUT2D eigenvalue weighted by atomic mass is 10.2. The van der Waals surface area contributed by atoms with Crippen molar-refractivity contribution in [2.24, 2.45) is 0 Å². The van der Waals surface area contributed by atoms with Crippen molar-refractivity contribution in [3.8, 4) is 0 Å². The molecule has 0 aliphatic carbocycles. The molecule has 25 heavy (non-hydrogen) atoms. The summed E-state index contributed by atoms with van der Waals surface area (Å²) >= 11 is 3.26. The number of benzene rings is 2. The summed E-state index contributed by atoms with van der Waals surface area (Å²) in [5.74, 6) is 0.761. The molecule has 0 spiro atoms. The van der Waals surface area contributed by atoms with Crippen molar-refractivity contribution >= 4 is 39.8 Å². The molecule has 0 saturated carbocycles. The van der Waals surface area contributed by atoms with Gasteiger partial charge in [0.1, 0.15) is 0 Å². The van der Waals surface area contributed by atoms with Crippen LogP contribution in [0.1, 0.15) is 23.7 Å². The summed E-state index contributed by atoms with van der Waals surface area (Å²) < 4.78 is 0. The average Bonchev–Trinajstić information content (AvgIpc) is 3.03. The molecular formula is C20H20N2OS2. The van der Waals surface area contributed by atoms with Gasteiger partial charge in [-0.05, 0) is 43.7 Å². The van der Waals surface area contributed by atoms with E-state index >= 15 is 0 Å². The lowest BCUT2D eigenvalue weighted by Crippen LogP contribution is -2.22. The Kier molecular flexibility index (Phi) is 5.56. The van der Waals surface area contributed by atoms with E-state index in [2.05, 4.69) is 36.2 Å². The Hall–Kier alpha value is -2.11. The molecule has 0 unspecified atom stereocenters. The summed E-state index contributed by atoms with van der Waals surface area (Å²) in [6.45, 7) is 5.68. The van der Waals surface area contributed by atoms with Crippen molar-refractivity contribution in [2.75, 3.05) is 4.90 Å². The van der Waals surface area contributed by atoms with Gasteiger partial charge in [0.25, 0.3) is 0 Å². The van der Waals surface area contributed by atoms with Crippen molar-refractivity contribution in [2.45, 2.75) is 31.4 Å². The maximum atomic E-state index is 12.2. The summed E-state index contributed by atoms with van der Waals surface area (Å²) in [5, 5.41) is 2.75. The molecule has 0 atom stereocenters. The predicted molar refractivity (Wildman–Crippen MR) is 107 cm³/mol. The first-order valence-corrected chi connectivity index (χ1v) is 9.90. The second-order valence-corrected chi connectivity index (χ2v) is 7.80. The first-order chi connectivity index (χ1) is 12.0. The van der Waals surface area contributed by atoms with Crippen molar-refractivity contribution in [1.29, 1.82) is 0 Å². The largest absolute Gasteiger partial charge is 0.274 e. The molecule has 3 aromatic rings. The van der Waals surface area contributed by atoms with Crippen LogP contribution in [-0.2, 0) is 10.5 Å². The van der Waals surface area contributed by atoms with Crippen molar-refractivity contribution in [1.82, 2.24) is 4.98 Å². The fraction of sp³-hybridized carbons (Fsp3) is 0.200. The number of carbonyl (C=O) groups is 1. The number of rotatable bonds is 5. The van der Waals surface area contributed by atoms with Gasteiger partial charge in [-0.15, -0.1) is 23.1 Å². The molecule has 2 aromatic carbocycles. The minimum atomic E-state index is -0.0299. The lowest BCUT2D eigenvalue weighted by Gasteiger charge is -2.18. The number of thiazole rings is 1. The highest BCUT2D eigenvalue weighted by Gasteiger charge is 2.18. The average molecular weight is 369 g/mol. The van der Waals surface area contributed by atoms with Crippen molar-refractivity contribution in [3.63, 3.8) is 0 Å². The highest BCUT2D eigenvalue weighted by Crippen LogP contribution is 2.31. The van der Waals surface area contributed by atoms with Gasteiger partial charge in [-0.25, -0.2) is 4.98 Å². The third-order valence-electron chi connectivity index (χ3n) is 3.71. The summed E-state index contributed by atoms with van der Waals surface area (Å²) in [6.07, 6.45) is 0. The van der Waals surface area contributed by atoms with E-state index in [0.29, 0.717) is 0 Å². The second kappa shape index (κ2) is 7.85. The van der Waals surface area contributed by atoms with Gasteiger partial charge < -0.3 is 0 Å². The van der Waals surface area contributed by atoms with E-state index in [1.165, 1.54) is 21.8 Å². The zero-order valence-electron chi connectivity index (χ0n) is 14.5. The van der Waals surface area contributed by atoms with E-state index in [9.17, 15) is 4.79 Å². The second-order valence-electron chi connectivity index (χ2n) is 5.92. The molecule has 0 aliphatic rings. The number of nitrogens with zero attached hydrogens (tertiary/aromatic N) is 2. The molecular weight excluding hydrogens is 348 g/mol. The maximum absolute atomic E-state index is 12.2. The fourth-order valence-electron chi connectivity index (χ4n) is 2.45. The SMILES string of the molecule is CC(=O)N(c1cccc(C)c1)c1nc(CSc2ccc(C)cc2)cs1. The van der Waals surface area contributed by atoms with Crippen LogP contribution in [-0.4, -0.2) is 10.9 Å². The lowest BCUT2D eigenvalue weighted by molar-refractivity contribution is -0.115.